The van der Waals surface area contributed by atoms with E-state index in [1.165, 1.54) is 12.8 Å². The van der Waals surface area contributed by atoms with Crippen LogP contribution in [-0.2, 0) is 7.05 Å². The number of ether oxygens (including phenoxy) is 2. The minimum Gasteiger partial charge on any atom is -0.493 e. The lowest BCUT2D eigenvalue weighted by molar-refractivity contribution is 0.355. The fraction of sp³-hybridized carbons (Fsp3) is 0.429. The standard InChI is InChI=1S/C14H18N4O2/c1-18-14(16-13(17-18)8-4-5-8)9-6-11(19-2)12(20-3)7-10(9)15/h6-8H,4-5,15H2,1-3H3. The van der Waals surface area contributed by atoms with Crippen molar-refractivity contribution < 1.29 is 9.47 Å². The van der Waals surface area contributed by atoms with E-state index in [-0.39, 0.29) is 0 Å². The van der Waals surface area contributed by atoms with Crippen molar-refractivity contribution in [2.24, 2.45) is 7.05 Å². The maximum absolute atomic E-state index is 6.11. The molecule has 2 N–H and O–H groups in total. The Kier molecular flexibility index (Phi) is 3.00. The third kappa shape index (κ3) is 2.07. The van der Waals surface area contributed by atoms with E-state index < -0.39 is 0 Å². The van der Waals surface area contributed by atoms with E-state index in [0.717, 1.165) is 17.2 Å². The van der Waals surface area contributed by atoms with Gasteiger partial charge < -0.3 is 15.2 Å². The number of benzene rings is 1. The first-order chi connectivity index (χ1) is 9.63. The van der Waals surface area contributed by atoms with Gasteiger partial charge in [0.05, 0.1) is 14.2 Å². The van der Waals surface area contributed by atoms with Crippen LogP contribution in [0.4, 0.5) is 5.69 Å². The molecule has 2 aromatic rings. The Bertz CT molecular complexity index is 647. The van der Waals surface area contributed by atoms with Gasteiger partial charge in [0.15, 0.2) is 23.1 Å². The molecule has 6 heteroatoms. The fourth-order valence-electron chi connectivity index (χ4n) is 2.24. The fourth-order valence-corrected chi connectivity index (χ4v) is 2.24. The van der Waals surface area contributed by atoms with Crippen LogP contribution in [-0.4, -0.2) is 29.0 Å². The zero-order chi connectivity index (χ0) is 14.3. The molecule has 1 aromatic carbocycles. The van der Waals surface area contributed by atoms with Crippen molar-refractivity contribution >= 4 is 5.69 Å². The SMILES string of the molecule is COc1cc(N)c(-c2nc(C3CC3)nn2C)cc1OC. The molecule has 1 aliphatic carbocycles. The van der Waals surface area contributed by atoms with Crippen LogP contribution in [0.5, 0.6) is 11.5 Å². The monoisotopic (exact) mass is 274 g/mol. The number of aryl methyl sites for hydroxylation is 1. The molecule has 0 aliphatic heterocycles. The predicted molar refractivity (Wildman–Crippen MR) is 75.9 cm³/mol. The number of hydrogen-bond acceptors (Lipinski definition) is 5. The first-order valence-electron chi connectivity index (χ1n) is 6.56. The Morgan fingerprint density at radius 2 is 1.85 bits per heavy atom. The second-order valence-electron chi connectivity index (χ2n) is 4.99. The van der Waals surface area contributed by atoms with Crippen molar-refractivity contribution in [2.45, 2.75) is 18.8 Å². The summed E-state index contributed by atoms with van der Waals surface area (Å²) in [7, 11) is 5.07. The second kappa shape index (κ2) is 4.70. The topological polar surface area (TPSA) is 75.2 Å². The smallest absolute Gasteiger partial charge is 0.162 e. The molecule has 0 saturated heterocycles. The summed E-state index contributed by atoms with van der Waals surface area (Å²) in [5, 5.41) is 4.47. The largest absolute Gasteiger partial charge is 0.493 e. The van der Waals surface area contributed by atoms with Crippen LogP contribution < -0.4 is 15.2 Å². The molecule has 1 saturated carbocycles. The van der Waals surface area contributed by atoms with E-state index >= 15 is 0 Å². The molecule has 6 nitrogen and oxygen atoms in total. The molecule has 106 valence electrons. The van der Waals surface area contributed by atoms with E-state index in [4.69, 9.17) is 15.2 Å². The second-order valence-corrected chi connectivity index (χ2v) is 4.99. The number of rotatable bonds is 4. The highest BCUT2D eigenvalue weighted by atomic mass is 16.5. The number of nitrogens with two attached hydrogens (primary N) is 1. The van der Waals surface area contributed by atoms with Crippen LogP contribution in [0.2, 0.25) is 0 Å². The summed E-state index contributed by atoms with van der Waals surface area (Å²) in [6, 6.07) is 3.59. The van der Waals surface area contributed by atoms with Gasteiger partial charge in [0.2, 0.25) is 0 Å². The highest BCUT2D eigenvalue weighted by Gasteiger charge is 2.29. The summed E-state index contributed by atoms with van der Waals surface area (Å²) in [5.41, 5.74) is 7.51. The number of anilines is 1. The van der Waals surface area contributed by atoms with Gasteiger partial charge in [0, 0.05) is 30.3 Å². The van der Waals surface area contributed by atoms with Crippen LogP contribution in [0.25, 0.3) is 11.4 Å². The molecule has 0 bridgehead atoms. The van der Waals surface area contributed by atoms with Crippen molar-refractivity contribution in [1.82, 2.24) is 14.8 Å². The number of nitrogens with zero attached hydrogens (tertiary/aromatic N) is 3. The molecule has 0 spiro atoms. The van der Waals surface area contributed by atoms with E-state index in [1.54, 1.807) is 25.0 Å². The Morgan fingerprint density at radius 3 is 2.45 bits per heavy atom. The van der Waals surface area contributed by atoms with Gasteiger partial charge in [-0.05, 0) is 18.9 Å². The van der Waals surface area contributed by atoms with E-state index in [0.29, 0.717) is 23.1 Å². The minimum absolute atomic E-state index is 0.510. The average molecular weight is 274 g/mol. The van der Waals surface area contributed by atoms with Gasteiger partial charge in [-0.1, -0.05) is 0 Å². The highest BCUT2D eigenvalue weighted by Crippen LogP contribution is 2.40. The van der Waals surface area contributed by atoms with Crippen molar-refractivity contribution in [1.29, 1.82) is 0 Å². The first kappa shape index (κ1) is 12.8. The molecule has 0 radical (unpaired) electrons. The summed E-state index contributed by atoms with van der Waals surface area (Å²) in [4.78, 5) is 4.61. The Labute approximate surface area is 117 Å². The maximum atomic E-state index is 6.11. The van der Waals surface area contributed by atoms with Crippen molar-refractivity contribution in [3.63, 3.8) is 0 Å². The van der Waals surface area contributed by atoms with Gasteiger partial charge >= 0.3 is 0 Å². The van der Waals surface area contributed by atoms with Gasteiger partial charge in [0.25, 0.3) is 0 Å². The molecule has 1 aromatic heterocycles. The van der Waals surface area contributed by atoms with Gasteiger partial charge in [0.1, 0.15) is 0 Å². The molecular weight excluding hydrogens is 256 g/mol. The molecule has 20 heavy (non-hydrogen) atoms. The van der Waals surface area contributed by atoms with Crippen LogP contribution in [0, 0.1) is 0 Å². The Morgan fingerprint density at radius 1 is 1.20 bits per heavy atom. The molecule has 0 unspecified atom stereocenters. The summed E-state index contributed by atoms with van der Waals surface area (Å²) in [5.74, 6) is 3.41. The summed E-state index contributed by atoms with van der Waals surface area (Å²) in [6.07, 6.45) is 2.34. The van der Waals surface area contributed by atoms with Crippen LogP contribution in [0.3, 0.4) is 0 Å². The lowest BCUT2D eigenvalue weighted by Gasteiger charge is -2.11. The zero-order valence-corrected chi connectivity index (χ0v) is 11.9. The molecule has 1 aliphatic rings. The predicted octanol–water partition coefficient (Wildman–Crippen LogP) is 1.96. The minimum atomic E-state index is 0.510. The van der Waals surface area contributed by atoms with Gasteiger partial charge in [-0.15, -0.1) is 0 Å². The Balaban J connectivity index is 2.09. The van der Waals surface area contributed by atoms with Crippen molar-refractivity contribution in [2.75, 3.05) is 20.0 Å². The normalized spacial score (nSPS) is 14.3. The van der Waals surface area contributed by atoms with E-state index in [2.05, 4.69) is 10.1 Å². The lowest BCUT2D eigenvalue weighted by atomic mass is 10.1. The molecule has 3 rings (SSSR count). The number of hydrogen-bond donors (Lipinski definition) is 1. The van der Waals surface area contributed by atoms with Gasteiger partial charge in [-0.2, -0.15) is 5.10 Å². The zero-order valence-electron chi connectivity index (χ0n) is 11.9. The van der Waals surface area contributed by atoms with E-state index in [9.17, 15) is 0 Å². The number of aromatic nitrogens is 3. The lowest BCUT2D eigenvalue weighted by Crippen LogP contribution is -2.00. The molecular formula is C14H18N4O2. The molecule has 1 heterocycles. The number of nitrogen functional groups attached to an aromatic ring is 1. The molecule has 0 amide bonds. The summed E-state index contributed by atoms with van der Waals surface area (Å²) < 4.78 is 12.3. The summed E-state index contributed by atoms with van der Waals surface area (Å²) >= 11 is 0. The van der Waals surface area contributed by atoms with Crippen LogP contribution in [0.1, 0.15) is 24.6 Å². The van der Waals surface area contributed by atoms with Crippen molar-refractivity contribution in [3.8, 4) is 22.9 Å². The summed E-state index contributed by atoms with van der Waals surface area (Å²) in [6.45, 7) is 0. The third-order valence-electron chi connectivity index (χ3n) is 3.52. The highest BCUT2D eigenvalue weighted by molar-refractivity contribution is 5.76. The quantitative estimate of drug-likeness (QED) is 0.863. The molecule has 0 atom stereocenters. The maximum Gasteiger partial charge on any atom is 0.162 e. The van der Waals surface area contributed by atoms with Crippen LogP contribution in [0.15, 0.2) is 12.1 Å². The third-order valence-corrected chi connectivity index (χ3v) is 3.52. The van der Waals surface area contributed by atoms with E-state index in [1.807, 2.05) is 13.1 Å². The first-order valence-corrected chi connectivity index (χ1v) is 6.56. The van der Waals surface area contributed by atoms with Gasteiger partial charge in [-0.3, -0.25) is 0 Å². The average Bonchev–Trinajstić information content (AvgIpc) is 3.22. The van der Waals surface area contributed by atoms with Crippen molar-refractivity contribution in [3.05, 3.63) is 18.0 Å². The Hall–Kier alpha value is -2.24. The number of methoxy groups -OCH3 is 2. The molecule has 1 fully saturated rings. The van der Waals surface area contributed by atoms with Crippen LogP contribution >= 0.6 is 0 Å². The van der Waals surface area contributed by atoms with Gasteiger partial charge in [-0.25, -0.2) is 9.67 Å².